The van der Waals surface area contributed by atoms with Crippen molar-refractivity contribution in [2.24, 2.45) is 5.41 Å². The van der Waals surface area contributed by atoms with Crippen molar-refractivity contribution in [2.45, 2.75) is 20.3 Å². The number of nitrogens with one attached hydrogen (secondary N) is 2. The van der Waals surface area contributed by atoms with Gasteiger partial charge in [-0.05, 0) is 17.9 Å². The lowest BCUT2D eigenvalue weighted by atomic mass is 9.90. The maximum atomic E-state index is 13.1. The van der Waals surface area contributed by atoms with E-state index in [2.05, 4.69) is 10.6 Å². The predicted octanol–water partition coefficient (Wildman–Crippen LogP) is 2.08. The molecule has 0 heterocycles. The topological polar surface area (TPSA) is 78.4 Å². The van der Waals surface area contributed by atoms with Gasteiger partial charge in [-0.2, -0.15) is 0 Å². The molecule has 0 spiro atoms. The molecule has 0 unspecified atom stereocenters. The van der Waals surface area contributed by atoms with Gasteiger partial charge < -0.3 is 15.7 Å². The Kier molecular flexibility index (Phi) is 6.25. The van der Waals surface area contributed by atoms with Crippen molar-refractivity contribution in [2.75, 3.05) is 18.5 Å². The van der Waals surface area contributed by atoms with E-state index in [9.17, 15) is 18.4 Å². The Morgan fingerprint density at radius 2 is 1.82 bits per heavy atom. The van der Waals surface area contributed by atoms with E-state index in [-0.39, 0.29) is 29.3 Å². The van der Waals surface area contributed by atoms with E-state index < -0.39 is 23.4 Å². The van der Waals surface area contributed by atoms with Crippen LogP contribution in [0.4, 0.5) is 14.5 Å². The Balaban J connectivity index is 2.66. The fourth-order valence-corrected chi connectivity index (χ4v) is 1.79. The average Bonchev–Trinajstić information content (AvgIpc) is 2.42. The largest absolute Gasteiger partial charge is 0.396 e. The first-order chi connectivity index (χ1) is 10.2. The fraction of sp³-hybridized carbons (Fsp3) is 0.429. The highest BCUT2D eigenvalue weighted by Gasteiger charge is 2.22. The molecule has 22 heavy (non-hydrogen) atoms. The summed E-state index contributed by atoms with van der Waals surface area (Å²) in [6, 6.07) is 1.40. The first-order valence-electron chi connectivity index (χ1n) is 6.51. The van der Waals surface area contributed by atoms with E-state index in [1.165, 1.54) is 0 Å². The minimum Gasteiger partial charge on any atom is -0.396 e. The van der Waals surface area contributed by atoms with Gasteiger partial charge in [-0.1, -0.05) is 25.4 Å². The Bertz CT molecular complexity index is 579. The van der Waals surface area contributed by atoms with Crippen LogP contribution < -0.4 is 10.6 Å². The van der Waals surface area contributed by atoms with Crippen molar-refractivity contribution in [3.63, 3.8) is 0 Å². The molecule has 0 saturated heterocycles. The summed E-state index contributed by atoms with van der Waals surface area (Å²) in [5.41, 5.74) is -0.583. The highest BCUT2D eigenvalue weighted by Crippen LogP contribution is 2.24. The van der Waals surface area contributed by atoms with Crippen molar-refractivity contribution in [3.05, 3.63) is 28.8 Å². The second-order valence-corrected chi connectivity index (χ2v) is 5.93. The van der Waals surface area contributed by atoms with Gasteiger partial charge in [-0.25, -0.2) is 8.78 Å². The molecule has 2 amide bonds. The number of amides is 2. The molecule has 0 aromatic heterocycles. The molecule has 0 atom stereocenters. The van der Waals surface area contributed by atoms with Gasteiger partial charge in [-0.15, -0.1) is 0 Å². The molecular weight excluding hydrogens is 318 g/mol. The Hall–Kier alpha value is -1.73. The number of hydrogen-bond acceptors (Lipinski definition) is 3. The third-order valence-corrected chi connectivity index (χ3v) is 3.29. The number of aliphatic hydroxyl groups is 1. The first kappa shape index (κ1) is 18.3. The van der Waals surface area contributed by atoms with Crippen LogP contribution in [0.1, 0.15) is 20.3 Å². The van der Waals surface area contributed by atoms with Crippen LogP contribution >= 0.6 is 11.6 Å². The molecule has 1 aromatic carbocycles. The number of rotatable bonds is 5. The van der Waals surface area contributed by atoms with E-state index >= 15 is 0 Å². The molecule has 1 aromatic rings. The van der Waals surface area contributed by atoms with E-state index in [0.29, 0.717) is 18.6 Å². The zero-order valence-electron chi connectivity index (χ0n) is 12.2. The number of carbonyl (C=O) groups is 2. The van der Waals surface area contributed by atoms with E-state index in [4.69, 9.17) is 16.7 Å². The third kappa shape index (κ3) is 5.23. The van der Waals surface area contributed by atoms with Crippen LogP contribution in [-0.4, -0.2) is 30.1 Å². The van der Waals surface area contributed by atoms with Crippen LogP contribution in [0.5, 0.6) is 0 Å². The molecule has 0 aliphatic rings. The highest BCUT2D eigenvalue weighted by molar-refractivity contribution is 6.41. The van der Waals surface area contributed by atoms with Gasteiger partial charge in [0, 0.05) is 19.2 Å². The third-order valence-electron chi connectivity index (χ3n) is 2.98. The molecule has 8 heteroatoms. The molecule has 3 N–H and O–H groups in total. The number of carbonyl (C=O) groups excluding carboxylic acids is 2. The van der Waals surface area contributed by atoms with Crippen LogP contribution in [0.25, 0.3) is 0 Å². The molecule has 0 aliphatic heterocycles. The summed E-state index contributed by atoms with van der Waals surface area (Å²) in [6.45, 7) is 3.76. The lowest BCUT2D eigenvalue weighted by Gasteiger charge is -2.23. The van der Waals surface area contributed by atoms with E-state index in [1.54, 1.807) is 0 Å². The summed E-state index contributed by atoms with van der Waals surface area (Å²) >= 11 is 5.66. The number of anilines is 1. The molecule has 5 nitrogen and oxygen atoms in total. The first-order valence-corrected chi connectivity index (χ1v) is 6.88. The molecule has 0 radical (unpaired) electrons. The lowest BCUT2D eigenvalue weighted by Crippen LogP contribution is -2.40. The lowest BCUT2D eigenvalue weighted by molar-refractivity contribution is -0.136. The maximum absolute atomic E-state index is 13.1. The molecule has 0 saturated carbocycles. The molecule has 0 bridgehead atoms. The fourth-order valence-electron chi connectivity index (χ4n) is 1.59. The molecule has 0 aliphatic carbocycles. The van der Waals surface area contributed by atoms with Crippen molar-refractivity contribution in [1.82, 2.24) is 5.32 Å². The summed E-state index contributed by atoms with van der Waals surface area (Å²) in [5, 5.41) is 13.2. The van der Waals surface area contributed by atoms with Crippen molar-refractivity contribution in [1.29, 1.82) is 0 Å². The second-order valence-electron chi connectivity index (χ2n) is 5.52. The smallest absolute Gasteiger partial charge is 0.313 e. The molecule has 1 rings (SSSR count). The number of benzene rings is 1. The Labute approximate surface area is 131 Å². The Morgan fingerprint density at radius 3 is 2.41 bits per heavy atom. The van der Waals surface area contributed by atoms with Crippen LogP contribution in [0.2, 0.25) is 5.02 Å². The van der Waals surface area contributed by atoms with Crippen LogP contribution in [-0.2, 0) is 9.59 Å². The van der Waals surface area contributed by atoms with Gasteiger partial charge >= 0.3 is 11.8 Å². The highest BCUT2D eigenvalue weighted by atomic mass is 35.5. The van der Waals surface area contributed by atoms with Crippen molar-refractivity contribution >= 4 is 29.1 Å². The van der Waals surface area contributed by atoms with E-state index in [0.717, 1.165) is 0 Å². The zero-order valence-corrected chi connectivity index (χ0v) is 12.9. The van der Waals surface area contributed by atoms with Crippen molar-refractivity contribution in [3.8, 4) is 0 Å². The van der Waals surface area contributed by atoms with Crippen molar-refractivity contribution < 1.29 is 23.5 Å². The zero-order chi connectivity index (χ0) is 16.9. The SMILES string of the molecule is CC(C)(CCO)CNC(=O)C(=O)Nc1cc(F)c(F)cc1Cl. The van der Waals surface area contributed by atoms with Crippen LogP contribution in [0, 0.1) is 17.0 Å². The van der Waals surface area contributed by atoms with Gasteiger partial charge in [0.2, 0.25) is 0 Å². The normalized spacial score (nSPS) is 11.2. The van der Waals surface area contributed by atoms with Gasteiger partial charge in [0.1, 0.15) is 0 Å². The van der Waals surface area contributed by atoms with Crippen LogP contribution in [0.3, 0.4) is 0 Å². The summed E-state index contributed by atoms with van der Waals surface area (Å²) in [7, 11) is 0. The summed E-state index contributed by atoms with van der Waals surface area (Å²) in [5.74, 6) is -4.33. The standard InChI is InChI=1S/C14H17ClF2N2O3/c1-14(2,3-4-20)7-18-12(21)13(22)19-11-6-10(17)9(16)5-8(11)15/h5-6,20H,3-4,7H2,1-2H3,(H,18,21)(H,19,22). The Morgan fingerprint density at radius 1 is 1.23 bits per heavy atom. The molecule has 122 valence electrons. The monoisotopic (exact) mass is 334 g/mol. The van der Waals surface area contributed by atoms with Crippen LogP contribution in [0.15, 0.2) is 12.1 Å². The van der Waals surface area contributed by atoms with Gasteiger partial charge in [0.25, 0.3) is 0 Å². The number of halogens is 3. The number of aliphatic hydroxyl groups excluding tert-OH is 1. The second kappa shape index (κ2) is 7.51. The number of hydrogen-bond donors (Lipinski definition) is 3. The minimum absolute atomic E-state index is 0.0421. The summed E-state index contributed by atoms with van der Waals surface area (Å²) in [6.07, 6.45) is 0.448. The van der Waals surface area contributed by atoms with Gasteiger partial charge in [-0.3, -0.25) is 9.59 Å². The molecule has 0 fully saturated rings. The summed E-state index contributed by atoms with van der Waals surface area (Å²) in [4.78, 5) is 23.4. The van der Waals surface area contributed by atoms with Gasteiger partial charge in [0.05, 0.1) is 10.7 Å². The average molecular weight is 335 g/mol. The maximum Gasteiger partial charge on any atom is 0.313 e. The summed E-state index contributed by atoms with van der Waals surface area (Å²) < 4.78 is 26.0. The quantitative estimate of drug-likeness (QED) is 0.570. The molecular formula is C14H17ClF2N2O3. The van der Waals surface area contributed by atoms with E-state index in [1.807, 2.05) is 13.8 Å². The van der Waals surface area contributed by atoms with Gasteiger partial charge in [0.15, 0.2) is 11.6 Å². The minimum atomic E-state index is -1.19. The predicted molar refractivity (Wildman–Crippen MR) is 78.5 cm³/mol.